The van der Waals surface area contributed by atoms with Gasteiger partial charge in [-0.3, -0.25) is 9.98 Å². The zero-order valence-electron chi connectivity index (χ0n) is 15.5. The van der Waals surface area contributed by atoms with Crippen molar-refractivity contribution >= 4 is 41.3 Å². The van der Waals surface area contributed by atoms with E-state index in [0.717, 1.165) is 10.6 Å². The molecule has 0 saturated carbocycles. The number of ether oxygens (including phenoxy) is 1. The summed E-state index contributed by atoms with van der Waals surface area (Å²) in [5.74, 6) is 0.844. The number of aliphatic imine (C=N–C) groups is 1. The van der Waals surface area contributed by atoms with E-state index in [9.17, 15) is 4.39 Å². The second-order valence-corrected chi connectivity index (χ2v) is 7.02. The molecule has 148 valence electrons. The number of rotatable bonds is 6. The first-order chi connectivity index (χ1) is 13.1. The summed E-state index contributed by atoms with van der Waals surface area (Å²) < 4.78 is 19.8. The predicted octanol–water partition coefficient (Wildman–Crippen LogP) is 4.26. The quantitative estimate of drug-likeness (QED) is 0.293. The van der Waals surface area contributed by atoms with Crippen molar-refractivity contribution in [3.05, 3.63) is 70.2 Å². The molecule has 0 bridgehead atoms. The third-order valence-electron chi connectivity index (χ3n) is 3.62. The maximum absolute atomic E-state index is 14.3. The molecule has 0 atom stereocenters. The molecule has 0 amide bonds. The minimum absolute atomic E-state index is 0. The van der Waals surface area contributed by atoms with Crippen molar-refractivity contribution in [3.63, 3.8) is 0 Å². The third-order valence-corrected chi connectivity index (χ3v) is 4.53. The number of guanidine groups is 1. The highest BCUT2D eigenvalue weighted by molar-refractivity contribution is 14.0. The average Bonchev–Trinajstić information content (AvgIpc) is 3.10. The van der Waals surface area contributed by atoms with E-state index in [-0.39, 0.29) is 29.7 Å². The Kier molecular flexibility index (Phi) is 8.58. The van der Waals surface area contributed by atoms with E-state index in [1.807, 2.05) is 13.1 Å². The van der Waals surface area contributed by atoms with E-state index in [1.54, 1.807) is 48.8 Å². The number of aromatic nitrogens is 2. The minimum atomic E-state index is -0.431. The maximum Gasteiger partial charge on any atom is 0.191 e. The van der Waals surface area contributed by atoms with Crippen LogP contribution in [-0.4, -0.2) is 23.0 Å². The second kappa shape index (κ2) is 10.9. The Balaban J connectivity index is 0.00000280. The Hall–Kier alpha value is -2.27. The maximum atomic E-state index is 14.3. The van der Waals surface area contributed by atoms with Gasteiger partial charge in [-0.1, -0.05) is 6.07 Å². The van der Waals surface area contributed by atoms with Crippen LogP contribution in [0.4, 0.5) is 4.39 Å². The number of thiazole rings is 1. The van der Waals surface area contributed by atoms with Gasteiger partial charge in [-0.25, -0.2) is 9.37 Å². The summed E-state index contributed by atoms with van der Waals surface area (Å²) in [5, 5.41) is 7.33. The smallest absolute Gasteiger partial charge is 0.191 e. The lowest BCUT2D eigenvalue weighted by molar-refractivity contribution is 0.440. The summed E-state index contributed by atoms with van der Waals surface area (Å²) in [6.07, 6.45) is 5.01. The molecule has 0 saturated heterocycles. The van der Waals surface area contributed by atoms with Crippen LogP contribution in [0.15, 0.2) is 53.9 Å². The molecule has 6 nitrogen and oxygen atoms in total. The fourth-order valence-electron chi connectivity index (χ4n) is 2.32. The van der Waals surface area contributed by atoms with Gasteiger partial charge in [0, 0.05) is 30.9 Å². The zero-order chi connectivity index (χ0) is 19.1. The summed E-state index contributed by atoms with van der Waals surface area (Å²) in [6.45, 7) is 3.04. The van der Waals surface area contributed by atoms with Crippen molar-refractivity contribution < 1.29 is 9.13 Å². The molecule has 0 spiro atoms. The molecule has 0 fully saturated rings. The highest BCUT2D eigenvalue weighted by atomic mass is 127. The summed E-state index contributed by atoms with van der Waals surface area (Å²) in [6, 6.07) is 8.31. The molecular weight excluding hydrogens is 492 g/mol. The molecule has 0 unspecified atom stereocenters. The van der Waals surface area contributed by atoms with Crippen molar-refractivity contribution in [2.45, 2.75) is 20.0 Å². The van der Waals surface area contributed by atoms with Gasteiger partial charge in [0.05, 0.1) is 12.7 Å². The van der Waals surface area contributed by atoms with Crippen molar-refractivity contribution in [2.24, 2.45) is 4.99 Å². The number of nitrogens with one attached hydrogen (secondary N) is 2. The molecule has 1 aromatic carbocycles. The Morgan fingerprint density at radius 2 is 2.04 bits per heavy atom. The van der Waals surface area contributed by atoms with E-state index >= 15 is 0 Å². The SMILES string of the molecule is CN=C(NCc1ccc(Oc2cccnc2)c(F)c1)NCc1ncc(C)s1.I. The van der Waals surface area contributed by atoms with Gasteiger partial charge in [0.1, 0.15) is 10.8 Å². The molecule has 3 aromatic rings. The molecule has 0 aliphatic carbocycles. The Morgan fingerprint density at radius 3 is 2.68 bits per heavy atom. The first-order valence-corrected chi connectivity index (χ1v) is 9.18. The minimum Gasteiger partial charge on any atom is -0.453 e. The van der Waals surface area contributed by atoms with Gasteiger partial charge in [0.15, 0.2) is 17.5 Å². The fourth-order valence-corrected chi connectivity index (χ4v) is 3.05. The third kappa shape index (κ3) is 6.41. The number of hydrogen-bond donors (Lipinski definition) is 2. The van der Waals surface area contributed by atoms with Crippen LogP contribution >= 0.6 is 35.3 Å². The summed E-state index contributed by atoms with van der Waals surface area (Å²) in [7, 11) is 1.69. The molecule has 28 heavy (non-hydrogen) atoms. The molecule has 2 heterocycles. The normalized spacial score (nSPS) is 10.9. The summed E-state index contributed by atoms with van der Waals surface area (Å²) in [5.41, 5.74) is 0.777. The number of pyridine rings is 1. The molecule has 2 aromatic heterocycles. The Bertz CT molecular complexity index is 920. The number of nitrogens with zero attached hydrogens (tertiary/aromatic N) is 3. The number of benzene rings is 1. The highest BCUT2D eigenvalue weighted by Crippen LogP contribution is 2.24. The topological polar surface area (TPSA) is 71.4 Å². The van der Waals surface area contributed by atoms with Crippen LogP contribution in [0.5, 0.6) is 11.5 Å². The van der Waals surface area contributed by atoms with Gasteiger partial charge in [-0.05, 0) is 36.8 Å². The van der Waals surface area contributed by atoms with E-state index in [4.69, 9.17) is 4.74 Å². The number of aryl methyl sites for hydroxylation is 1. The van der Waals surface area contributed by atoms with Gasteiger partial charge >= 0.3 is 0 Å². The van der Waals surface area contributed by atoms with Crippen molar-refractivity contribution in [3.8, 4) is 11.5 Å². The zero-order valence-corrected chi connectivity index (χ0v) is 18.6. The molecular formula is C19H21FIN5OS. The van der Waals surface area contributed by atoms with Crippen molar-refractivity contribution in [1.29, 1.82) is 0 Å². The predicted molar refractivity (Wildman–Crippen MR) is 120 cm³/mol. The summed E-state index contributed by atoms with van der Waals surface area (Å²) in [4.78, 5) is 13.6. The molecule has 3 rings (SSSR count). The second-order valence-electron chi connectivity index (χ2n) is 5.70. The summed E-state index contributed by atoms with van der Waals surface area (Å²) >= 11 is 1.63. The highest BCUT2D eigenvalue weighted by Gasteiger charge is 2.07. The van der Waals surface area contributed by atoms with Crippen LogP contribution in [0.25, 0.3) is 0 Å². The molecule has 0 aliphatic rings. The fraction of sp³-hybridized carbons (Fsp3) is 0.211. The van der Waals surface area contributed by atoms with E-state index in [0.29, 0.717) is 24.8 Å². The lowest BCUT2D eigenvalue weighted by atomic mass is 10.2. The average molecular weight is 513 g/mol. The molecule has 0 radical (unpaired) electrons. The van der Waals surface area contributed by atoms with Gasteiger partial charge in [0.2, 0.25) is 0 Å². The van der Waals surface area contributed by atoms with Gasteiger partial charge in [-0.2, -0.15) is 0 Å². The van der Waals surface area contributed by atoms with E-state index in [1.165, 1.54) is 17.1 Å². The monoisotopic (exact) mass is 513 g/mol. The van der Waals surface area contributed by atoms with Crippen LogP contribution in [0.1, 0.15) is 15.4 Å². The van der Waals surface area contributed by atoms with Crippen molar-refractivity contribution in [1.82, 2.24) is 20.6 Å². The largest absolute Gasteiger partial charge is 0.453 e. The van der Waals surface area contributed by atoms with E-state index in [2.05, 4.69) is 25.6 Å². The first kappa shape index (κ1) is 22.0. The molecule has 9 heteroatoms. The molecule has 0 aliphatic heterocycles. The van der Waals surface area contributed by atoms with Crippen LogP contribution in [-0.2, 0) is 13.1 Å². The Labute approximate surface area is 184 Å². The lowest BCUT2D eigenvalue weighted by Gasteiger charge is -2.12. The van der Waals surface area contributed by atoms with Crippen molar-refractivity contribution in [2.75, 3.05) is 7.05 Å². The molecule has 2 N–H and O–H groups in total. The van der Waals surface area contributed by atoms with Gasteiger partial charge < -0.3 is 15.4 Å². The van der Waals surface area contributed by atoms with E-state index < -0.39 is 5.82 Å². The lowest BCUT2D eigenvalue weighted by Crippen LogP contribution is -2.36. The van der Waals surface area contributed by atoms with Crippen LogP contribution in [0.3, 0.4) is 0 Å². The van der Waals surface area contributed by atoms with Crippen LogP contribution < -0.4 is 15.4 Å². The first-order valence-electron chi connectivity index (χ1n) is 8.36. The standard InChI is InChI=1S/C19H20FN5OS.HI/c1-13-9-23-18(27-13)12-25-19(21-2)24-10-14-5-6-17(16(20)8-14)26-15-4-3-7-22-11-15;/h3-9,11H,10,12H2,1-2H3,(H2,21,24,25);1H. The number of hydrogen-bond acceptors (Lipinski definition) is 5. The van der Waals surface area contributed by atoms with Gasteiger partial charge in [-0.15, -0.1) is 35.3 Å². The number of halogens is 2. The van der Waals surface area contributed by atoms with Crippen LogP contribution in [0, 0.1) is 12.7 Å². The van der Waals surface area contributed by atoms with Crippen LogP contribution in [0.2, 0.25) is 0 Å². The van der Waals surface area contributed by atoms with Gasteiger partial charge in [0.25, 0.3) is 0 Å². The Morgan fingerprint density at radius 1 is 1.21 bits per heavy atom.